The van der Waals surface area contributed by atoms with Gasteiger partial charge in [0.15, 0.2) is 5.96 Å². The van der Waals surface area contributed by atoms with Crippen molar-refractivity contribution >= 4 is 27.6 Å². The molecule has 3 rings (SSSR count). The van der Waals surface area contributed by atoms with E-state index in [9.17, 15) is 0 Å². The molecule has 1 aromatic rings. The third-order valence-electron chi connectivity index (χ3n) is 5.05. The lowest BCUT2D eigenvalue weighted by atomic mass is 10.1. The summed E-state index contributed by atoms with van der Waals surface area (Å²) in [5.74, 6) is 2.39. The molecule has 1 aromatic carbocycles. The molecule has 26 heavy (non-hydrogen) atoms. The molecule has 0 spiro atoms. The van der Waals surface area contributed by atoms with Crippen molar-refractivity contribution < 1.29 is 4.74 Å². The van der Waals surface area contributed by atoms with Crippen molar-refractivity contribution in [2.45, 2.75) is 25.7 Å². The number of rotatable bonds is 9. The Kier molecular flexibility index (Phi) is 7.62. The molecule has 1 aliphatic heterocycles. The highest BCUT2D eigenvalue weighted by Crippen LogP contribution is 2.28. The Hall–Kier alpha value is -1.27. The van der Waals surface area contributed by atoms with Crippen molar-refractivity contribution in [1.29, 1.82) is 0 Å². The number of nitrogens with one attached hydrogen (secondary N) is 2. The first-order chi connectivity index (χ1) is 12.7. The van der Waals surface area contributed by atoms with Gasteiger partial charge in [0.1, 0.15) is 0 Å². The first-order valence-corrected chi connectivity index (χ1v) is 10.6. The molecule has 1 atom stereocenters. The number of halogens is 1. The van der Waals surface area contributed by atoms with Gasteiger partial charge in [-0.3, -0.25) is 4.99 Å². The highest BCUT2D eigenvalue weighted by molar-refractivity contribution is 9.10. The quantitative estimate of drug-likeness (QED) is 0.364. The summed E-state index contributed by atoms with van der Waals surface area (Å²) in [6.07, 6.45) is 4.95. The third-order valence-corrected chi connectivity index (χ3v) is 5.54. The lowest BCUT2D eigenvalue weighted by Crippen LogP contribution is -2.40. The summed E-state index contributed by atoms with van der Waals surface area (Å²) in [5.41, 5.74) is 1.30. The molecule has 1 aliphatic carbocycles. The van der Waals surface area contributed by atoms with Crippen LogP contribution in [0.1, 0.15) is 25.7 Å². The molecule has 0 aromatic heterocycles. The smallest absolute Gasteiger partial charge is 0.190 e. The summed E-state index contributed by atoms with van der Waals surface area (Å²) >= 11 is 3.56. The van der Waals surface area contributed by atoms with E-state index in [1.54, 1.807) is 0 Å². The second-order valence-electron chi connectivity index (χ2n) is 7.33. The SMILES string of the molecule is CN=C(NCCCOCC1CC1)NCC1CCN(c2cccc(Br)c2)C1. The average molecular weight is 423 g/mol. The predicted molar refractivity (Wildman–Crippen MR) is 112 cm³/mol. The summed E-state index contributed by atoms with van der Waals surface area (Å²) < 4.78 is 6.81. The number of nitrogens with zero attached hydrogens (tertiary/aromatic N) is 2. The van der Waals surface area contributed by atoms with E-state index in [4.69, 9.17) is 4.74 Å². The van der Waals surface area contributed by atoms with Crippen LogP contribution in [-0.2, 0) is 4.74 Å². The van der Waals surface area contributed by atoms with Gasteiger partial charge < -0.3 is 20.3 Å². The number of anilines is 1. The largest absolute Gasteiger partial charge is 0.381 e. The Morgan fingerprint density at radius 2 is 2.15 bits per heavy atom. The molecule has 6 heteroatoms. The topological polar surface area (TPSA) is 48.9 Å². The van der Waals surface area contributed by atoms with E-state index >= 15 is 0 Å². The van der Waals surface area contributed by atoms with E-state index in [0.717, 1.165) is 62.2 Å². The van der Waals surface area contributed by atoms with Gasteiger partial charge in [0.05, 0.1) is 0 Å². The number of guanidine groups is 1. The molecule has 0 radical (unpaired) electrons. The van der Waals surface area contributed by atoms with Crippen molar-refractivity contribution in [2.24, 2.45) is 16.8 Å². The minimum atomic E-state index is 0.648. The minimum Gasteiger partial charge on any atom is -0.381 e. The molecule has 2 N–H and O–H groups in total. The van der Waals surface area contributed by atoms with E-state index in [1.807, 2.05) is 7.05 Å². The molecule has 144 valence electrons. The van der Waals surface area contributed by atoms with Gasteiger partial charge in [-0.15, -0.1) is 0 Å². The maximum atomic E-state index is 5.67. The average Bonchev–Trinajstić information content (AvgIpc) is 3.35. The van der Waals surface area contributed by atoms with Crippen LogP contribution in [0.5, 0.6) is 0 Å². The second kappa shape index (κ2) is 10.2. The van der Waals surface area contributed by atoms with Crippen molar-refractivity contribution in [3.05, 3.63) is 28.7 Å². The van der Waals surface area contributed by atoms with Gasteiger partial charge in [0.25, 0.3) is 0 Å². The van der Waals surface area contributed by atoms with E-state index in [1.165, 1.54) is 24.9 Å². The highest BCUT2D eigenvalue weighted by Gasteiger charge is 2.23. The lowest BCUT2D eigenvalue weighted by molar-refractivity contribution is 0.123. The van der Waals surface area contributed by atoms with Crippen LogP contribution in [0, 0.1) is 11.8 Å². The molecule has 1 saturated carbocycles. The van der Waals surface area contributed by atoms with Gasteiger partial charge >= 0.3 is 0 Å². The van der Waals surface area contributed by atoms with Crippen LogP contribution in [-0.4, -0.2) is 52.4 Å². The number of hydrogen-bond acceptors (Lipinski definition) is 3. The van der Waals surface area contributed by atoms with Gasteiger partial charge in [-0.2, -0.15) is 0 Å². The van der Waals surface area contributed by atoms with Crippen LogP contribution >= 0.6 is 15.9 Å². The molecule has 1 saturated heterocycles. The summed E-state index contributed by atoms with van der Waals surface area (Å²) in [4.78, 5) is 6.79. The molecule has 2 fully saturated rings. The highest BCUT2D eigenvalue weighted by atomic mass is 79.9. The van der Waals surface area contributed by atoms with Crippen LogP contribution in [0.4, 0.5) is 5.69 Å². The molecule has 2 aliphatic rings. The van der Waals surface area contributed by atoms with Crippen LogP contribution in [0.15, 0.2) is 33.7 Å². The normalized spacial score (nSPS) is 20.5. The summed E-state index contributed by atoms with van der Waals surface area (Å²) in [6.45, 7) is 5.86. The van der Waals surface area contributed by atoms with Crippen LogP contribution in [0.25, 0.3) is 0 Å². The fraction of sp³-hybridized carbons (Fsp3) is 0.650. The minimum absolute atomic E-state index is 0.648. The van der Waals surface area contributed by atoms with Crippen molar-refractivity contribution in [3.8, 4) is 0 Å². The molecule has 1 unspecified atom stereocenters. The van der Waals surface area contributed by atoms with Gasteiger partial charge in [0, 0.05) is 56.6 Å². The molecular formula is C20H31BrN4O. The number of hydrogen-bond donors (Lipinski definition) is 2. The third kappa shape index (κ3) is 6.47. The van der Waals surface area contributed by atoms with E-state index in [0.29, 0.717) is 5.92 Å². The number of ether oxygens (including phenoxy) is 1. The van der Waals surface area contributed by atoms with E-state index in [2.05, 4.69) is 60.7 Å². The predicted octanol–water partition coefficient (Wildman–Crippen LogP) is 3.26. The summed E-state index contributed by atoms with van der Waals surface area (Å²) in [7, 11) is 1.83. The van der Waals surface area contributed by atoms with Crippen LogP contribution in [0.3, 0.4) is 0 Å². The molecule has 5 nitrogen and oxygen atoms in total. The van der Waals surface area contributed by atoms with Crippen molar-refractivity contribution in [1.82, 2.24) is 10.6 Å². The molecule has 0 bridgehead atoms. The standard InChI is InChI=1S/C20H31BrN4O/c1-22-20(23-9-3-11-26-15-16-6-7-16)24-13-17-8-10-25(14-17)19-5-2-4-18(21)12-19/h2,4-5,12,16-17H,3,6-11,13-15H2,1H3,(H2,22,23,24). The van der Waals surface area contributed by atoms with E-state index < -0.39 is 0 Å². The van der Waals surface area contributed by atoms with Crippen LogP contribution < -0.4 is 15.5 Å². The Bertz CT molecular complexity index is 591. The zero-order chi connectivity index (χ0) is 18.2. The monoisotopic (exact) mass is 422 g/mol. The maximum absolute atomic E-state index is 5.67. The molecule has 0 amide bonds. The van der Waals surface area contributed by atoms with Crippen molar-refractivity contribution in [2.75, 3.05) is 51.3 Å². The fourth-order valence-corrected chi connectivity index (χ4v) is 3.67. The Morgan fingerprint density at radius 3 is 2.92 bits per heavy atom. The number of aliphatic imine (C=N–C) groups is 1. The van der Waals surface area contributed by atoms with E-state index in [-0.39, 0.29) is 0 Å². The zero-order valence-corrected chi connectivity index (χ0v) is 17.3. The molecule has 1 heterocycles. The number of benzene rings is 1. The van der Waals surface area contributed by atoms with Gasteiger partial charge in [-0.1, -0.05) is 22.0 Å². The van der Waals surface area contributed by atoms with Gasteiger partial charge in [-0.05, 0) is 55.7 Å². The summed E-state index contributed by atoms with van der Waals surface area (Å²) in [5, 5.41) is 6.86. The Balaban J connectivity index is 1.30. The zero-order valence-electron chi connectivity index (χ0n) is 15.7. The first kappa shape index (κ1) is 19.5. The van der Waals surface area contributed by atoms with Gasteiger partial charge in [0.2, 0.25) is 0 Å². The Morgan fingerprint density at radius 1 is 1.27 bits per heavy atom. The first-order valence-electron chi connectivity index (χ1n) is 9.77. The molecular weight excluding hydrogens is 392 g/mol. The summed E-state index contributed by atoms with van der Waals surface area (Å²) in [6, 6.07) is 8.56. The lowest BCUT2D eigenvalue weighted by Gasteiger charge is -2.19. The Labute approximate surface area is 165 Å². The van der Waals surface area contributed by atoms with Crippen LogP contribution in [0.2, 0.25) is 0 Å². The maximum Gasteiger partial charge on any atom is 0.190 e. The van der Waals surface area contributed by atoms with Crippen molar-refractivity contribution in [3.63, 3.8) is 0 Å². The fourth-order valence-electron chi connectivity index (χ4n) is 3.28. The van der Waals surface area contributed by atoms with Gasteiger partial charge in [-0.25, -0.2) is 0 Å². The second-order valence-corrected chi connectivity index (χ2v) is 8.25.